The first kappa shape index (κ1) is 11.5. The van der Waals surface area contributed by atoms with E-state index in [0.717, 1.165) is 0 Å². The highest BCUT2D eigenvalue weighted by molar-refractivity contribution is 6.21. The molecule has 1 saturated carbocycles. The monoisotopic (exact) mass is 242 g/mol. The van der Waals surface area contributed by atoms with Crippen molar-refractivity contribution in [3.8, 4) is 0 Å². The molecule has 0 spiro atoms. The van der Waals surface area contributed by atoms with Crippen molar-refractivity contribution >= 4 is 17.5 Å². The van der Waals surface area contributed by atoms with Crippen LogP contribution in [0.3, 0.4) is 0 Å². The number of amides is 1. The highest BCUT2D eigenvalue weighted by Gasteiger charge is 2.30. The van der Waals surface area contributed by atoms with E-state index in [1.54, 1.807) is 13.8 Å². The van der Waals surface area contributed by atoms with Crippen molar-refractivity contribution in [3.05, 3.63) is 17.3 Å². The van der Waals surface area contributed by atoms with Gasteiger partial charge in [-0.15, -0.1) is 11.6 Å². The number of alkyl halides is 1. The van der Waals surface area contributed by atoms with Gasteiger partial charge < -0.3 is 9.73 Å². The normalized spacial score (nSPS) is 17.2. The number of hydrogen-bond acceptors (Lipinski definition) is 3. The fourth-order valence-electron chi connectivity index (χ4n) is 1.64. The Bertz CT molecular complexity index is 399. The molecule has 0 radical (unpaired) electrons. The van der Waals surface area contributed by atoms with E-state index >= 15 is 0 Å². The van der Waals surface area contributed by atoms with E-state index in [1.807, 2.05) is 0 Å². The van der Waals surface area contributed by atoms with E-state index < -0.39 is 0 Å². The molecule has 5 heteroatoms. The summed E-state index contributed by atoms with van der Waals surface area (Å²) in [5.74, 6) is 1.13. The standard InChI is InChI=1S/C11H15ClN2O2/c1-6-10(16-7(2)14-6)11(15)13-5-9(12)8-3-4-8/h8-9H,3-5H2,1-2H3,(H,13,15). The van der Waals surface area contributed by atoms with Gasteiger partial charge in [0.25, 0.3) is 5.91 Å². The number of carbonyl (C=O) groups is 1. The third-order valence-corrected chi connectivity index (χ3v) is 3.21. The van der Waals surface area contributed by atoms with Crippen LogP contribution in [0.1, 0.15) is 35.0 Å². The minimum Gasteiger partial charge on any atom is -0.436 e. The molecule has 1 atom stereocenters. The quantitative estimate of drug-likeness (QED) is 0.822. The Labute approximate surface area is 99.4 Å². The lowest BCUT2D eigenvalue weighted by atomic mass is 10.2. The maximum absolute atomic E-state index is 11.7. The number of oxazole rings is 1. The first-order chi connectivity index (χ1) is 7.58. The number of hydrogen-bond donors (Lipinski definition) is 1. The van der Waals surface area contributed by atoms with E-state index in [-0.39, 0.29) is 17.0 Å². The Balaban J connectivity index is 1.89. The molecule has 1 fully saturated rings. The predicted octanol–water partition coefficient (Wildman–Crippen LogP) is 2.04. The number of aromatic nitrogens is 1. The van der Waals surface area contributed by atoms with Crippen molar-refractivity contribution in [3.63, 3.8) is 0 Å². The fraction of sp³-hybridized carbons (Fsp3) is 0.636. The van der Waals surface area contributed by atoms with E-state index in [0.29, 0.717) is 24.0 Å². The molecular weight excluding hydrogens is 228 g/mol. The van der Waals surface area contributed by atoms with Crippen LogP contribution in [0, 0.1) is 19.8 Å². The number of rotatable bonds is 4. The molecule has 0 bridgehead atoms. The minimum atomic E-state index is -0.232. The van der Waals surface area contributed by atoms with E-state index in [2.05, 4.69) is 10.3 Å². The van der Waals surface area contributed by atoms with Gasteiger partial charge in [-0.2, -0.15) is 0 Å². The molecule has 1 aliphatic rings. The van der Waals surface area contributed by atoms with Crippen LogP contribution in [0.15, 0.2) is 4.42 Å². The number of aryl methyl sites for hydroxylation is 2. The molecule has 1 aromatic heterocycles. The third kappa shape index (κ3) is 2.55. The second kappa shape index (κ2) is 4.45. The third-order valence-electron chi connectivity index (χ3n) is 2.70. The van der Waals surface area contributed by atoms with E-state index in [1.165, 1.54) is 12.8 Å². The maximum atomic E-state index is 11.7. The molecule has 4 nitrogen and oxygen atoms in total. The van der Waals surface area contributed by atoms with E-state index in [4.69, 9.17) is 16.0 Å². The van der Waals surface area contributed by atoms with Crippen LogP contribution >= 0.6 is 11.6 Å². The minimum absolute atomic E-state index is 0.0354. The number of nitrogens with one attached hydrogen (secondary N) is 1. The van der Waals surface area contributed by atoms with Gasteiger partial charge in [-0.05, 0) is 25.7 Å². The van der Waals surface area contributed by atoms with Gasteiger partial charge >= 0.3 is 0 Å². The SMILES string of the molecule is Cc1nc(C)c(C(=O)NCC(Cl)C2CC2)o1. The van der Waals surface area contributed by atoms with Gasteiger partial charge in [-0.25, -0.2) is 4.98 Å². The molecule has 1 aliphatic carbocycles. The van der Waals surface area contributed by atoms with Crippen LogP contribution in [0.25, 0.3) is 0 Å². The molecule has 2 rings (SSSR count). The van der Waals surface area contributed by atoms with Crippen molar-refractivity contribution in [2.24, 2.45) is 5.92 Å². The summed E-state index contributed by atoms with van der Waals surface area (Å²) < 4.78 is 5.22. The van der Waals surface area contributed by atoms with Gasteiger partial charge in [0.05, 0.1) is 11.1 Å². The zero-order chi connectivity index (χ0) is 11.7. The lowest BCUT2D eigenvalue weighted by Gasteiger charge is -2.08. The Hall–Kier alpha value is -1.03. The molecule has 1 heterocycles. The smallest absolute Gasteiger partial charge is 0.289 e. The molecule has 88 valence electrons. The Kier molecular flexibility index (Phi) is 3.19. The molecule has 1 amide bonds. The molecule has 1 unspecified atom stereocenters. The van der Waals surface area contributed by atoms with E-state index in [9.17, 15) is 4.79 Å². The number of halogens is 1. The topological polar surface area (TPSA) is 55.1 Å². The van der Waals surface area contributed by atoms with Crippen molar-refractivity contribution < 1.29 is 9.21 Å². The van der Waals surface area contributed by atoms with Crippen molar-refractivity contribution in [1.82, 2.24) is 10.3 Å². The molecule has 1 N–H and O–H groups in total. The summed E-state index contributed by atoms with van der Waals surface area (Å²) >= 11 is 6.09. The molecule has 16 heavy (non-hydrogen) atoms. The summed E-state index contributed by atoms with van der Waals surface area (Å²) in [5, 5.41) is 2.81. The van der Waals surface area contributed by atoms with Gasteiger partial charge in [-0.3, -0.25) is 4.79 Å². The second-order valence-electron chi connectivity index (χ2n) is 4.21. The molecule has 0 aromatic carbocycles. The second-order valence-corrected chi connectivity index (χ2v) is 4.77. The van der Waals surface area contributed by atoms with Gasteiger partial charge in [0, 0.05) is 13.5 Å². The Morgan fingerprint density at radius 2 is 2.31 bits per heavy atom. The van der Waals surface area contributed by atoms with Crippen LogP contribution in [-0.4, -0.2) is 22.8 Å². The average molecular weight is 243 g/mol. The highest BCUT2D eigenvalue weighted by atomic mass is 35.5. The van der Waals surface area contributed by atoms with Crippen LogP contribution < -0.4 is 5.32 Å². The Morgan fingerprint density at radius 3 is 2.81 bits per heavy atom. The summed E-state index contributed by atoms with van der Waals surface area (Å²) in [6.45, 7) is 3.97. The van der Waals surface area contributed by atoms with Crippen molar-refractivity contribution in [2.45, 2.75) is 32.1 Å². The van der Waals surface area contributed by atoms with Gasteiger partial charge in [-0.1, -0.05) is 0 Å². The lowest BCUT2D eigenvalue weighted by Crippen LogP contribution is -2.30. The average Bonchev–Trinajstić information content (AvgIpc) is 3.01. The van der Waals surface area contributed by atoms with Crippen molar-refractivity contribution in [2.75, 3.05) is 6.54 Å². The molecule has 1 aromatic rings. The first-order valence-corrected chi connectivity index (χ1v) is 5.88. The highest BCUT2D eigenvalue weighted by Crippen LogP contribution is 2.35. The summed E-state index contributed by atoms with van der Waals surface area (Å²) in [6.07, 6.45) is 2.34. The summed E-state index contributed by atoms with van der Waals surface area (Å²) in [6, 6.07) is 0. The van der Waals surface area contributed by atoms with Crippen LogP contribution in [0.2, 0.25) is 0 Å². The summed E-state index contributed by atoms with van der Waals surface area (Å²) in [4.78, 5) is 15.8. The van der Waals surface area contributed by atoms with Crippen LogP contribution in [-0.2, 0) is 0 Å². The lowest BCUT2D eigenvalue weighted by molar-refractivity contribution is 0.0923. The number of carbonyl (C=O) groups excluding carboxylic acids is 1. The zero-order valence-electron chi connectivity index (χ0n) is 9.42. The molecule has 0 saturated heterocycles. The van der Waals surface area contributed by atoms with Gasteiger partial charge in [0.1, 0.15) is 0 Å². The van der Waals surface area contributed by atoms with Crippen LogP contribution in [0.5, 0.6) is 0 Å². The summed E-state index contributed by atoms with van der Waals surface area (Å²) in [7, 11) is 0. The van der Waals surface area contributed by atoms with Gasteiger partial charge in [0.15, 0.2) is 5.89 Å². The van der Waals surface area contributed by atoms with Crippen LogP contribution in [0.4, 0.5) is 0 Å². The molecule has 0 aliphatic heterocycles. The molecular formula is C11H15ClN2O2. The Morgan fingerprint density at radius 1 is 1.62 bits per heavy atom. The fourth-order valence-corrected chi connectivity index (χ4v) is 1.97. The maximum Gasteiger partial charge on any atom is 0.289 e. The zero-order valence-corrected chi connectivity index (χ0v) is 10.2. The van der Waals surface area contributed by atoms with Gasteiger partial charge in [0.2, 0.25) is 5.76 Å². The largest absolute Gasteiger partial charge is 0.436 e. The predicted molar refractivity (Wildman–Crippen MR) is 60.7 cm³/mol. The number of nitrogens with zero attached hydrogens (tertiary/aromatic N) is 1. The van der Waals surface area contributed by atoms with Crippen molar-refractivity contribution in [1.29, 1.82) is 0 Å². The summed E-state index contributed by atoms with van der Waals surface area (Å²) in [5.41, 5.74) is 0.618. The first-order valence-electron chi connectivity index (χ1n) is 5.44.